The number of anilines is 2. The van der Waals surface area contributed by atoms with E-state index < -0.39 is 14.9 Å². The standard InChI is InChI=1S/C28H32N4O6S2/c1-32(11-12-33)24-8-7-22-25(30-24)39-27(29-22)31-26(34)28(15-23(28)38-19-9-13-36-16-19)18-3-5-20(6-4-18)40(2,35)21-10-14-37-17-21/h3-8,15,19,21,33H,2,9-14,16-17H2,1H3,(H,29,31,34)/t19-,21+,28?,40?/m1/s1. The van der Waals surface area contributed by atoms with Crippen molar-refractivity contribution in [2.45, 2.75) is 34.5 Å². The second-order valence-corrected chi connectivity index (χ2v) is 13.8. The SMILES string of the molecule is C=S(=O)(c1ccc(C2(C(=O)Nc3nc4ccc(N(C)CCO)nc4s3)C=C2O[C@@H]2CCOC2)cc1)[C@H]1CCOC1. The highest BCUT2D eigenvalue weighted by Crippen LogP contribution is 2.49. The molecule has 4 atom stereocenters. The Bertz CT molecular complexity index is 1540. The molecule has 1 aromatic carbocycles. The van der Waals surface area contributed by atoms with Crippen LogP contribution in [0, 0.1) is 0 Å². The van der Waals surface area contributed by atoms with Crippen LogP contribution in [0.2, 0.25) is 0 Å². The summed E-state index contributed by atoms with van der Waals surface area (Å²) in [6.45, 7) is 2.63. The van der Waals surface area contributed by atoms with Crippen molar-refractivity contribution in [3.63, 3.8) is 0 Å². The summed E-state index contributed by atoms with van der Waals surface area (Å²) in [5.41, 5.74) is 0.286. The van der Waals surface area contributed by atoms with Crippen LogP contribution in [0.4, 0.5) is 10.9 Å². The van der Waals surface area contributed by atoms with Crippen molar-refractivity contribution in [2.24, 2.45) is 0 Å². The number of nitrogens with one attached hydrogen (secondary N) is 1. The molecule has 2 aliphatic heterocycles. The molecule has 10 nitrogen and oxygen atoms in total. The van der Waals surface area contributed by atoms with E-state index in [4.69, 9.17) is 14.2 Å². The molecule has 12 heteroatoms. The van der Waals surface area contributed by atoms with E-state index in [1.165, 1.54) is 11.3 Å². The van der Waals surface area contributed by atoms with Gasteiger partial charge in [0.05, 0.1) is 31.7 Å². The number of nitrogens with zero attached hydrogens (tertiary/aromatic N) is 3. The molecule has 0 bridgehead atoms. The zero-order valence-electron chi connectivity index (χ0n) is 22.2. The van der Waals surface area contributed by atoms with Crippen LogP contribution >= 0.6 is 11.3 Å². The Kier molecular flexibility index (Phi) is 7.30. The van der Waals surface area contributed by atoms with E-state index in [1.54, 1.807) is 12.1 Å². The summed E-state index contributed by atoms with van der Waals surface area (Å²) in [6, 6.07) is 10.9. The molecule has 40 heavy (non-hydrogen) atoms. The minimum Gasteiger partial charge on any atom is -0.491 e. The number of hydrogen-bond acceptors (Lipinski definition) is 10. The Morgan fingerprint density at radius 1 is 1.20 bits per heavy atom. The van der Waals surface area contributed by atoms with Crippen molar-refractivity contribution in [1.29, 1.82) is 0 Å². The zero-order valence-corrected chi connectivity index (χ0v) is 23.8. The second-order valence-electron chi connectivity index (χ2n) is 10.3. The molecule has 212 valence electrons. The van der Waals surface area contributed by atoms with E-state index in [0.29, 0.717) is 70.5 Å². The third-order valence-corrected chi connectivity index (χ3v) is 11.0. The van der Waals surface area contributed by atoms with Crippen LogP contribution < -0.4 is 10.2 Å². The number of amides is 1. The number of fused-ring (bicyclic) bond motifs is 1. The van der Waals surface area contributed by atoms with Gasteiger partial charge in [0.25, 0.3) is 0 Å². The molecular weight excluding hydrogens is 552 g/mol. The van der Waals surface area contributed by atoms with Crippen molar-refractivity contribution < 1.29 is 28.3 Å². The highest BCUT2D eigenvalue weighted by atomic mass is 32.2. The summed E-state index contributed by atoms with van der Waals surface area (Å²) < 4.78 is 30.6. The quantitative estimate of drug-likeness (QED) is 0.346. The summed E-state index contributed by atoms with van der Waals surface area (Å²) >= 11 is 1.28. The molecule has 4 heterocycles. The first-order chi connectivity index (χ1) is 19.3. The van der Waals surface area contributed by atoms with Crippen molar-refractivity contribution >= 4 is 53.9 Å². The monoisotopic (exact) mass is 584 g/mol. The normalized spacial score (nSPS) is 25.4. The zero-order chi connectivity index (χ0) is 27.9. The number of benzene rings is 1. The van der Waals surface area contributed by atoms with E-state index in [1.807, 2.05) is 42.3 Å². The van der Waals surface area contributed by atoms with E-state index in [2.05, 4.69) is 21.2 Å². The van der Waals surface area contributed by atoms with Crippen molar-refractivity contribution in [3.05, 3.63) is 53.8 Å². The average Bonchev–Trinajstić information content (AvgIpc) is 3.42. The Morgan fingerprint density at radius 2 is 1.98 bits per heavy atom. The Morgan fingerprint density at radius 3 is 2.67 bits per heavy atom. The lowest BCUT2D eigenvalue weighted by Crippen LogP contribution is -2.32. The van der Waals surface area contributed by atoms with Gasteiger partial charge < -0.3 is 29.5 Å². The molecule has 0 spiro atoms. The number of hydrogen-bond donors (Lipinski definition) is 2. The van der Waals surface area contributed by atoms with Crippen LogP contribution in [-0.4, -0.2) is 89.0 Å². The third kappa shape index (κ3) is 4.99. The Labute approximate surface area is 237 Å². The number of aliphatic hydroxyl groups excluding tert-OH is 1. The fourth-order valence-electron chi connectivity index (χ4n) is 5.09. The topological polar surface area (TPSA) is 123 Å². The van der Waals surface area contributed by atoms with Gasteiger partial charge in [0.2, 0.25) is 5.91 Å². The molecule has 0 saturated carbocycles. The molecule has 3 aliphatic rings. The molecule has 2 saturated heterocycles. The molecule has 1 amide bonds. The first kappa shape index (κ1) is 27.2. The van der Waals surface area contributed by atoms with Crippen LogP contribution in [0.15, 0.2) is 53.1 Å². The van der Waals surface area contributed by atoms with Gasteiger partial charge in [0.15, 0.2) is 10.5 Å². The largest absolute Gasteiger partial charge is 0.491 e. The Balaban J connectivity index is 1.26. The number of carbonyl (C=O) groups excluding carboxylic acids is 1. The molecule has 6 rings (SSSR count). The maximum absolute atomic E-state index is 13.9. The number of carbonyl (C=O) groups is 1. The summed E-state index contributed by atoms with van der Waals surface area (Å²) in [7, 11) is -0.678. The van der Waals surface area contributed by atoms with Crippen LogP contribution in [0.5, 0.6) is 0 Å². The Hall–Kier alpha value is -3.03. The first-order valence-electron chi connectivity index (χ1n) is 13.2. The van der Waals surface area contributed by atoms with Crippen LogP contribution in [0.1, 0.15) is 18.4 Å². The first-order valence-corrected chi connectivity index (χ1v) is 15.8. The summed E-state index contributed by atoms with van der Waals surface area (Å²) in [4.78, 5) is 26.2. The molecule has 2 N–H and O–H groups in total. The maximum atomic E-state index is 13.9. The van der Waals surface area contributed by atoms with Crippen molar-refractivity contribution in [1.82, 2.24) is 9.97 Å². The van der Waals surface area contributed by atoms with Gasteiger partial charge in [-0.05, 0) is 48.2 Å². The smallest absolute Gasteiger partial charge is 0.248 e. The lowest BCUT2D eigenvalue weighted by molar-refractivity contribution is -0.118. The van der Waals surface area contributed by atoms with E-state index in [-0.39, 0.29) is 23.9 Å². The molecule has 2 aromatic heterocycles. The van der Waals surface area contributed by atoms with E-state index >= 15 is 0 Å². The lowest BCUT2D eigenvalue weighted by Gasteiger charge is -2.21. The second kappa shape index (κ2) is 10.7. The van der Waals surface area contributed by atoms with Gasteiger partial charge in [-0.2, -0.15) is 0 Å². The van der Waals surface area contributed by atoms with Gasteiger partial charge in [-0.1, -0.05) is 23.5 Å². The minimum atomic E-state index is -2.53. The van der Waals surface area contributed by atoms with Crippen LogP contribution in [-0.2, 0) is 33.9 Å². The van der Waals surface area contributed by atoms with Gasteiger partial charge in [-0.3, -0.25) is 9.00 Å². The van der Waals surface area contributed by atoms with Gasteiger partial charge >= 0.3 is 0 Å². The van der Waals surface area contributed by atoms with Gasteiger partial charge in [-0.25, -0.2) is 9.97 Å². The molecular formula is C28H32N4O6S2. The van der Waals surface area contributed by atoms with E-state index in [0.717, 1.165) is 12.8 Å². The van der Waals surface area contributed by atoms with Crippen LogP contribution in [0.3, 0.4) is 0 Å². The number of likely N-dealkylation sites (N-methyl/N-ethyl adjacent to an activating group) is 1. The van der Waals surface area contributed by atoms with Gasteiger partial charge in [0.1, 0.15) is 28.0 Å². The number of rotatable bonds is 10. The average molecular weight is 585 g/mol. The van der Waals surface area contributed by atoms with Gasteiger partial charge in [0, 0.05) is 41.0 Å². The molecule has 2 fully saturated rings. The predicted octanol–water partition coefficient (Wildman–Crippen LogP) is 2.56. The number of aromatic nitrogens is 2. The van der Waals surface area contributed by atoms with Gasteiger partial charge in [-0.15, -0.1) is 0 Å². The maximum Gasteiger partial charge on any atom is 0.248 e. The fourth-order valence-corrected chi connectivity index (χ4v) is 7.70. The molecule has 2 unspecified atom stereocenters. The van der Waals surface area contributed by atoms with Crippen LogP contribution in [0.25, 0.3) is 10.3 Å². The fraction of sp³-hybridized carbons (Fsp3) is 0.429. The molecule has 0 radical (unpaired) electrons. The predicted molar refractivity (Wildman–Crippen MR) is 156 cm³/mol. The number of ether oxygens (including phenoxy) is 3. The lowest BCUT2D eigenvalue weighted by atomic mass is 9.91. The van der Waals surface area contributed by atoms with Crippen molar-refractivity contribution in [2.75, 3.05) is 56.8 Å². The molecule has 3 aromatic rings. The number of thiazole rings is 1. The summed E-state index contributed by atoms with van der Waals surface area (Å²) in [5.74, 6) is 5.04. The van der Waals surface area contributed by atoms with Crippen molar-refractivity contribution in [3.8, 4) is 0 Å². The van der Waals surface area contributed by atoms with E-state index in [9.17, 15) is 14.1 Å². The highest BCUT2D eigenvalue weighted by Gasteiger charge is 2.56. The summed E-state index contributed by atoms with van der Waals surface area (Å²) in [6.07, 6.45) is 3.19. The highest BCUT2D eigenvalue weighted by molar-refractivity contribution is 8.01. The number of pyridine rings is 1. The number of aliphatic hydroxyl groups is 1. The summed E-state index contributed by atoms with van der Waals surface area (Å²) in [5, 5.41) is 12.5. The minimum absolute atomic E-state index is 0.0224. The third-order valence-electron chi connectivity index (χ3n) is 7.62. The molecule has 1 aliphatic carbocycles.